The van der Waals surface area contributed by atoms with E-state index in [2.05, 4.69) is 10.3 Å². The van der Waals surface area contributed by atoms with Crippen LogP contribution in [0, 0.1) is 18.3 Å². The first kappa shape index (κ1) is 13.6. The number of benzene rings is 1. The zero-order valence-corrected chi connectivity index (χ0v) is 11.2. The Morgan fingerprint density at radius 1 is 1.35 bits per heavy atom. The van der Waals surface area contributed by atoms with Crippen molar-refractivity contribution in [3.63, 3.8) is 0 Å². The first-order valence-electron chi connectivity index (χ1n) is 5.96. The summed E-state index contributed by atoms with van der Waals surface area (Å²) < 4.78 is 5.16. The summed E-state index contributed by atoms with van der Waals surface area (Å²) in [5.41, 5.74) is 2.29. The minimum Gasteiger partial charge on any atom is -0.496 e. The first-order valence-corrected chi connectivity index (χ1v) is 5.96. The molecule has 0 atom stereocenters. The Hall–Kier alpha value is -2.87. The minimum atomic E-state index is -0.272. The molecule has 0 fully saturated rings. The van der Waals surface area contributed by atoms with Gasteiger partial charge >= 0.3 is 0 Å². The molecular formula is C15H13N3O2. The van der Waals surface area contributed by atoms with E-state index >= 15 is 0 Å². The van der Waals surface area contributed by atoms with Crippen molar-refractivity contribution in [2.24, 2.45) is 0 Å². The number of aryl methyl sites for hydroxylation is 1. The van der Waals surface area contributed by atoms with Crippen molar-refractivity contribution in [3.8, 4) is 11.8 Å². The van der Waals surface area contributed by atoms with Crippen LogP contribution in [0.15, 0.2) is 36.5 Å². The summed E-state index contributed by atoms with van der Waals surface area (Å²) in [7, 11) is 1.60. The summed E-state index contributed by atoms with van der Waals surface area (Å²) >= 11 is 0. The van der Waals surface area contributed by atoms with Gasteiger partial charge in [0.1, 0.15) is 17.5 Å². The third kappa shape index (κ3) is 2.93. The second-order valence-electron chi connectivity index (χ2n) is 4.18. The highest BCUT2D eigenvalue weighted by molar-refractivity contribution is 6.04. The second kappa shape index (κ2) is 5.85. The fourth-order valence-corrected chi connectivity index (χ4v) is 1.75. The van der Waals surface area contributed by atoms with Gasteiger partial charge in [-0.25, -0.2) is 4.98 Å². The van der Waals surface area contributed by atoms with E-state index in [0.29, 0.717) is 11.3 Å². The molecule has 5 nitrogen and oxygen atoms in total. The van der Waals surface area contributed by atoms with Gasteiger partial charge in [0.25, 0.3) is 5.91 Å². The number of nitrogens with zero attached hydrogens (tertiary/aromatic N) is 2. The lowest BCUT2D eigenvalue weighted by molar-refractivity contribution is 0.102. The van der Waals surface area contributed by atoms with Crippen LogP contribution in [0.4, 0.5) is 5.69 Å². The van der Waals surface area contributed by atoms with Gasteiger partial charge in [0, 0.05) is 11.9 Å². The van der Waals surface area contributed by atoms with Gasteiger partial charge in [0.2, 0.25) is 0 Å². The molecule has 0 aliphatic heterocycles. The Kier molecular flexibility index (Phi) is 3.96. The van der Waals surface area contributed by atoms with Crippen LogP contribution >= 0.6 is 0 Å². The molecule has 1 aromatic carbocycles. The first-order chi connectivity index (χ1) is 9.63. The summed E-state index contributed by atoms with van der Waals surface area (Å²) in [4.78, 5) is 15.9. The Bertz CT molecular complexity index is 673. The van der Waals surface area contributed by atoms with Gasteiger partial charge in [-0.2, -0.15) is 5.26 Å². The van der Waals surface area contributed by atoms with E-state index < -0.39 is 0 Å². The topological polar surface area (TPSA) is 75.0 Å². The van der Waals surface area contributed by atoms with Crippen LogP contribution in [-0.2, 0) is 0 Å². The Balaban J connectivity index is 2.14. The number of carbonyl (C=O) groups is 1. The number of rotatable bonds is 3. The number of anilines is 1. The number of pyridine rings is 1. The van der Waals surface area contributed by atoms with Crippen molar-refractivity contribution in [3.05, 3.63) is 53.3 Å². The summed E-state index contributed by atoms with van der Waals surface area (Å²) in [6.45, 7) is 1.90. The zero-order valence-electron chi connectivity index (χ0n) is 11.2. The lowest BCUT2D eigenvalue weighted by Gasteiger charge is -2.09. The van der Waals surface area contributed by atoms with E-state index in [1.807, 2.05) is 19.1 Å². The van der Waals surface area contributed by atoms with Crippen LogP contribution in [0.5, 0.6) is 5.75 Å². The molecule has 1 amide bonds. The van der Waals surface area contributed by atoms with Gasteiger partial charge in [-0.05, 0) is 42.8 Å². The second-order valence-corrected chi connectivity index (χ2v) is 4.18. The van der Waals surface area contributed by atoms with Gasteiger partial charge in [0.05, 0.1) is 12.7 Å². The SMILES string of the molecule is COc1ccc(NC(=O)c2ccc(C#N)nc2)cc1C. The number of hydrogen-bond donors (Lipinski definition) is 1. The molecular weight excluding hydrogens is 254 g/mol. The lowest BCUT2D eigenvalue weighted by atomic mass is 10.2. The molecule has 1 N–H and O–H groups in total. The van der Waals surface area contributed by atoms with Crippen LogP contribution in [0.1, 0.15) is 21.6 Å². The third-order valence-corrected chi connectivity index (χ3v) is 2.79. The maximum absolute atomic E-state index is 12.0. The quantitative estimate of drug-likeness (QED) is 0.927. The minimum absolute atomic E-state index is 0.272. The van der Waals surface area contributed by atoms with Crippen LogP contribution in [-0.4, -0.2) is 18.0 Å². The van der Waals surface area contributed by atoms with E-state index in [-0.39, 0.29) is 11.6 Å². The Morgan fingerprint density at radius 2 is 2.15 bits per heavy atom. The molecule has 20 heavy (non-hydrogen) atoms. The lowest BCUT2D eigenvalue weighted by Crippen LogP contribution is -2.12. The number of carbonyl (C=O) groups excluding carboxylic acids is 1. The molecule has 2 aromatic rings. The predicted molar refractivity (Wildman–Crippen MR) is 74.6 cm³/mol. The molecule has 0 spiro atoms. The van der Waals surface area contributed by atoms with Crippen molar-refractivity contribution in [1.29, 1.82) is 5.26 Å². The molecule has 0 saturated heterocycles. The molecule has 0 bridgehead atoms. The van der Waals surface area contributed by atoms with E-state index in [9.17, 15) is 4.79 Å². The number of aromatic nitrogens is 1. The summed E-state index contributed by atoms with van der Waals surface area (Å²) in [6, 6.07) is 10.4. The van der Waals surface area contributed by atoms with Gasteiger partial charge < -0.3 is 10.1 Å². The molecule has 0 radical (unpaired) electrons. The fourth-order valence-electron chi connectivity index (χ4n) is 1.75. The van der Waals surface area contributed by atoms with Crippen LogP contribution < -0.4 is 10.1 Å². The average Bonchev–Trinajstić information content (AvgIpc) is 2.47. The van der Waals surface area contributed by atoms with Gasteiger partial charge in [-0.15, -0.1) is 0 Å². The summed E-state index contributed by atoms with van der Waals surface area (Å²) in [6.07, 6.45) is 1.38. The molecule has 100 valence electrons. The third-order valence-electron chi connectivity index (χ3n) is 2.79. The van der Waals surface area contributed by atoms with Gasteiger partial charge in [-0.1, -0.05) is 0 Å². The Morgan fingerprint density at radius 3 is 2.70 bits per heavy atom. The van der Waals surface area contributed by atoms with Crippen molar-refractivity contribution < 1.29 is 9.53 Å². The highest BCUT2D eigenvalue weighted by Gasteiger charge is 2.08. The van der Waals surface area contributed by atoms with Crippen molar-refractivity contribution in [2.45, 2.75) is 6.92 Å². The molecule has 0 aliphatic rings. The highest BCUT2D eigenvalue weighted by atomic mass is 16.5. The summed E-state index contributed by atoms with van der Waals surface area (Å²) in [5.74, 6) is 0.495. The van der Waals surface area contributed by atoms with E-state index in [1.165, 1.54) is 12.3 Å². The normalized spacial score (nSPS) is 9.65. The monoisotopic (exact) mass is 267 g/mol. The van der Waals surface area contributed by atoms with Gasteiger partial charge in [-0.3, -0.25) is 4.79 Å². The maximum Gasteiger partial charge on any atom is 0.257 e. The maximum atomic E-state index is 12.0. The number of methoxy groups -OCH3 is 1. The van der Waals surface area contributed by atoms with Crippen LogP contribution in [0.3, 0.4) is 0 Å². The molecule has 2 rings (SSSR count). The van der Waals surface area contributed by atoms with Crippen molar-refractivity contribution in [2.75, 3.05) is 12.4 Å². The Labute approximate surface area is 116 Å². The van der Waals surface area contributed by atoms with E-state index in [1.54, 1.807) is 25.3 Å². The molecule has 0 unspecified atom stereocenters. The number of ether oxygens (including phenoxy) is 1. The molecule has 1 aromatic heterocycles. The highest BCUT2D eigenvalue weighted by Crippen LogP contribution is 2.21. The van der Waals surface area contributed by atoms with E-state index in [4.69, 9.17) is 10.00 Å². The van der Waals surface area contributed by atoms with Crippen molar-refractivity contribution >= 4 is 11.6 Å². The fraction of sp³-hybridized carbons (Fsp3) is 0.133. The molecule has 0 saturated carbocycles. The smallest absolute Gasteiger partial charge is 0.257 e. The average molecular weight is 267 g/mol. The largest absolute Gasteiger partial charge is 0.496 e. The number of hydrogen-bond acceptors (Lipinski definition) is 4. The van der Waals surface area contributed by atoms with Gasteiger partial charge in [0.15, 0.2) is 0 Å². The van der Waals surface area contributed by atoms with Crippen molar-refractivity contribution in [1.82, 2.24) is 4.98 Å². The predicted octanol–water partition coefficient (Wildman–Crippen LogP) is 2.52. The number of nitriles is 1. The van der Waals surface area contributed by atoms with Crippen LogP contribution in [0.25, 0.3) is 0 Å². The standard InChI is InChI=1S/C15H13N3O2/c1-10-7-12(5-6-14(10)20-2)18-15(19)11-3-4-13(8-16)17-9-11/h3-7,9H,1-2H3,(H,18,19). The van der Waals surface area contributed by atoms with Crippen LogP contribution in [0.2, 0.25) is 0 Å². The number of amides is 1. The molecule has 0 aliphatic carbocycles. The summed E-state index contributed by atoms with van der Waals surface area (Å²) in [5, 5.41) is 11.4. The van der Waals surface area contributed by atoms with E-state index in [0.717, 1.165) is 11.3 Å². The number of nitrogens with one attached hydrogen (secondary N) is 1. The molecule has 5 heteroatoms. The zero-order chi connectivity index (χ0) is 14.5. The molecule has 1 heterocycles.